The lowest BCUT2D eigenvalue weighted by atomic mass is 10.1. The van der Waals surface area contributed by atoms with Crippen molar-refractivity contribution in [1.29, 1.82) is 0 Å². The van der Waals surface area contributed by atoms with E-state index in [2.05, 4.69) is 5.32 Å². The molecule has 0 heterocycles. The van der Waals surface area contributed by atoms with Gasteiger partial charge in [-0.2, -0.15) is 0 Å². The quantitative estimate of drug-likeness (QED) is 0.756. The Kier molecular flexibility index (Phi) is 5.19. The van der Waals surface area contributed by atoms with E-state index >= 15 is 0 Å². The summed E-state index contributed by atoms with van der Waals surface area (Å²) < 4.78 is 5.04. The van der Waals surface area contributed by atoms with Gasteiger partial charge in [0.25, 0.3) is 5.91 Å². The Morgan fingerprint density at radius 1 is 1.17 bits per heavy atom. The highest BCUT2D eigenvalue weighted by Crippen LogP contribution is 2.14. The molecular formula is C17H17NO5. The summed E-state index contributed by atoms with van der Waals surface area (Å²) in [5, 5.41) is 21.0. The third-order valence-corrected chi connectivity index (χ3v) is 3.31. The van der Waals surface area contributed by atoms with Gasteiger partial charge >= 0.3 is 5.97 Å². The van der Waals surface area contributed by atoms with E-state index < -0.39 is 17.9 Å². The fourth-order valence-corrected chi connectivity index (χ4v) is 2.07. The Labute approximate surface area is 133 Å². The number of phenols is 1. The molecule has 0 saturated heterocycles. The summed E-state index contributed by atoms with van der Waals surface area (Å²) in [6.45, 7) is 0. The number of aromatic hydroxyl groups is 1. The molecule has 3 N–H and O–H groups in total. The van der Waals surface area contributed by atoms with Crippen molar-refractivity contribution in [2.45, 2.75) is 12.5 Å². The number of carboxylic acids is 1. The molecule has 2 aromatic carbocycles. The molecule has 0 radical (unpaired) electrons. The summed E-state index contributed by atoms with van der Waals surface area (Å²) in [7, 11) is 1.49. The first-order valence-corrected chi connectivity index (χ1v) is 6.95. The Hall–Kier alpha value is -3.02. The Morgan fingerprint density at radius 2 is 1.87 bits per heavy atom. The number of hydrogen-bond acceptors (Lipinski definition) is 4. The number of carboxylic acid groups (broad SMARTS) is 1. The molecule has 0 aliphatic heterocycles. The average molecular weight is 315 g/mol. The van der Waals surface area contributed by atoms with Crippen LogP contribution >= 0.6 is 0 Å². The number of phenolic OH excluding ortho intramolecular Hbond substituents is 1. The second-order valence-electron chi connectivity index (χ2n) is 4.97. The molecule has 0 saturated carbocycles. The summed E-state index contributed by atoms with van der Waals surface area (Å²) in [5.74, 6) is -1.01. The fourth-order valence-electron chi connectivity index (χ4n) is 2.07. The van der Waals surface area contributed by atoms with Gasteiger partial charge in [-0.3, -0.25) is 4.79 Å². The zero-order valence-electron chi connectivity index (χ0n) is 12.5. The zero-order chi connectivity index (χ0) is 16.8. The summed E-state index contributed by atoms with van der Waals surface area (Å²) in [4.78, 5) is 23.6. The topological polar surface area (TPSA) is 95.9 Å². The molecule has 1 amide bonds. The van der Waals surface area contributed by atoms with Crippen molar-refractivity contribution >= 4 is 11.9 Å². The lowest BCUT2D eigenvalue weighted by Crippen LogP contribution is -2.42. The number of methoxy groups -OCH3 is 1. The van der Waals surface area contributed by atoms with E-state index in [-0.39, 0.29) is 12.2 Å². The molecule has 2 aromatic rings. The molecule has 23 heavy (non-hydrogen) atoms. The van der Waals surface area contributed by atoms with Gasteiger partial charge in [-0.1, -0.05) is 18.2 Å². The van der Waals surface area contributed by atoms with E-state index in [0.29, 0.717) is 16.9 Å². The number of carbonyl (C=O) groups is 2. The first-order valence-electron chi connectivity index (χ1n) is 6.95. The average Bonchev–Trinajstić information content (AvgIpc) is 2.56. The predicted molar refractivity (Wildman–Crippen MR) is 83.7 cm³/mol. The molecule has 6 heteroatoms. The van der Waals surface area contributed by atoms with E-state index in [1.54, 1.807) is 30.3 Å². The fraction of sp³-hybridized carbons (Fsp3) is 0.176. The minimum absolute atomic E-state index is 0.0982. The first kappa shape index (κ1) is 16.4. The van der Waals surface area contributed by atoms with Crippen molar-refractivity contribution < 1.29 is 24.5 Å². The lowest BCUT2D eigenvalue weighted by Gasteiger charge is -2.15. The van der Waals surface area contributed by atoms with Crippen LogP contribution in [-0.4, -0.2) is 35.2 Å². The van der Waals surface area contributed by atoms with Crippen molar-refractivity contribution in [3.63, 3.8) is 0 Å². The number of nitrogens with one attached hydrogen (secondary N) is 1. The van der Waals surface area contributed by atoms with Crippen molar-refractivity contribution in [2.24, 2.45) is 0 Å². The second kappa shape index (κ2) is 7.31. The molecule has 120 valence electrons. The third-order valence-electron chi connectivity index (χ3n) is 3.31. The molecule has 0 spiro atoms. The number of carbonyl (C=O) groups excluding carboxylic acids is 1. The molecule has 0 aromatic heterocycles. The maximum Gasteiger partial charge on any atom is 0.326 e. The molecule has 1 unspecified atom stereocenters. The SMILES string of the molecule is COc1cccc(C(=O)NC(Cc2ccc(O)cc2)C(=O)O)c1. The monoisotopic (exact) mass is 315 g/mol. The van der Waals surface area contributed by atoms with E-state index in [9.17, 15) is 19.8 Å². The number of aliphatic carboxylic acids is 1. The molecule has 0 fully saturated rings. The number of benzene rings is 2. The predicted octanol–water partition coefficient (Wildman–Crippen LogP) is 1.83. The maximum atomic E-state index is 12.2. The largest absolute Gasteiger partial charge is 0.508 e. The van der Waals surface area contributed by atoms with Crippen molar-refractivity contribution in [2.75, 3.05) is 7.11 Å². The van der Waals surface area contributed by atoms with Crippen LogP contribution < -0.4 is 10.1 Å². The number of rotatable bonds is 6. The van der Waals surface area contributed by atoms with Gasteiger partial charge in [0.1, 0.15) is 17.5 Å². The van der Waals surface area contributed by atoms with Gasteiger partial charge in [-0.05, 0) is 35.9 Å². The molecule has 0 aliphatic carbocycles. The molecule has 1 atom stereocenters. The summed E-state index contributed by atoms with van der Waals surface area (Å²) in [6, 6.07) is 11.6. The van der Waals surface area contributed by atoms with E-state index in [1.807, 2.05) is 0 Å². The lowest BCUT2D eigenvalue weighted by molar-refractivity contribution is -0.139. The normalized spacial score (nSPS) is 11.5. The van der Waals surface area contributed by atoms with Crippen molar-refractivity contribution in [3.8, 4) is 11.5 Å². The van der Waals surface area contributed by atoms with E-state index in [1.165, 1.54) is 25.3 Å². The van der Waals surface area contributed by atoms with Crippen LogP contribution in [0.4, 0.5) is 0 Å². The number of hydrogen-bond donors (Lipinski definition) is 3. The highest BCUT2D eigenvalue weighted by atomic mass is 16.5. The van der Waals surface area contributed by atoms with Gasteiger partial charge in [-0.15, -0.1) is 0 Å². The molecule has 6 nitrogen and oxygen atoms in total. The number of ether oxygens (including phenoxy) is 1. The highest BCUT2D eigenvalue weighted by Gasteiger charge is 2.21. The highest BCUT2D eigenvalue weighted by molar-refractivity contribution is 5.96. The summed E-state index contributed by atoms with van der Waals surface area (Å²) in [6.07, 6.45) is 0.116. The minimum Gasteiger partial charge on any atom is -0.508 e. The Bertz CT molecular complexity index is 696. The third kappa shape index (κ3) is 4.47. The van der Waals surface area contributed by atoms with Gasteiger partial charge in [0.2, 0.25) is 0 Å². The molecule has 0 bridgehead atoms. The summed E-state index contributed by atoms with van der Waals surface area (Å²) >= 11 is 0. The van der Waals surface area contributed by atoms with Crippen LogP contribution in [0.5, 0.6) is 11.5 Å². The van der Waals surface area contributed by atoms with Gasteiger partial charge in [0.05, 0.1) is 7.11 Å². The second-order valence-corrected chi connectivity index (χ2v) is 4.97. The van der Waals surface area contributed by atoms with Crippen LogP contribution in [0.3, 0.4) is 0 Å². The Balaban J connectivity index is 2.10. The number of amides is 1. The standard InChI is InChI=1S/C17H17NO5/c1-23-14-4-2-3-12(10-14)16(20)18-15(17(21)22)9-11-5-7-13(19)8-6-11/h2-8,10,15,19H,9H2,1H3,(H,18,20)(H,21,22). The Morgan fingerprint density at radius 3 is 2.48 bits per heavy atom. The van der Waals surface area contributed by atoms with Gasteiger partial charge in [-0.25, -0.2) is 4.79 Å². The van der Waals surface area contributed by atoms with E-state index in [4.69, 9.17) is 4.74 Å². The van der Waals surface area contributed by atoms with Crippen LogP contribution in [0.2, 0.25) is 0 Å². The minimum atomic E-state index is -1.13. The van der Waals surface area contributed by atoms with Crippen LogP contribution in [0.25, 0.3) is 0 Å². The first-order chi connectivity index (χ1) is 11.0. The van der Waals surface area contributed by atoms with Crippen LogP contribution in [0, 0.1) is 0 Å². The van der Waals surface area contributed by atoms with Crippen LogP contribution in [0.15, 0.2) is 48.5 Å². The van der Waals surface area contributed by atoms with Gasteiger partial charge < -0.3 is 20.3 Å². The molecule has 0 aliphatic rings. The van der Waals surface area contributed by atoms with Crippen LogP contribution in [-0.2, 0) is 11.2 Å². The van der Waals surface area contributed by atoms with Crippen molar-refractivity contribution in [3.05, 3.63) is 59.7 Å². The van der Waals surface area contributed by atoms with Crippen LogP contribution in [0.1, 0.15) is 15.9 Å². The molecular weight excluding hydrogens is 298 g/mol. The maximum absolute atomic E-state index is 12.2. The smallest absolute Gasteiger partial charge is 0.326 e. The summed E-state index contributed by atoms with van der Waals surface area (Å²) in [5.41, 5.74) is 1.02. The van der Waals surface area contributed by atoms with Gasteiger partial charge in [0.15, 0.2) is 0 Å². The molecule has 2 rings (SSSR count). The van der Waals surface area contributed by atoms with E-state index in [0.717, 1.165) is 0 Å². The zero-order valence-corrected chi connectivity index (χ0v) is 12.5. The van der Waals surface area contributed by atoms with Crippen molar-refractivity contribution in [1.82, 2.24) is 5.32 Å². The van der Waals surface area contributed by atoms with Gasteiger partial charge in [0, 0.05) is 12.0 Å².